The summed E-state index contributed by atoms with van der Waals surface area (Å²) in [6.45, 7) is 11.2. The maximum Gasteiger partial charge on any atom is 0.222 e. The summed E-state index contributed by atoms with van der Waals surface area (Å²) in [6, 6.07) is 0. The molecule has 7 heteroatoms. The molecule has 1 saturated heterocycles. The molecule has 28 heavy (non-hydrogen) atoms. The highest BCUT2D eigenvalue weighted by molar-refractivity contribution is 5.76. The van der Waals surface area contributed by atoms with Crippen LogP contribution in [0.4, 0.5) is 0 Å². The first-order valence-electron chi connectivity index (χ1n) is 11.0. The molecular formula is C21H42N2O5. The van der Waals surface area contributed by atoms with Gasteiger partial charge in [-0.1, -0.05) is 12.8 Å². The van der Waals surface area contributed by atoms with Crippen molar-refractivity contribution in [2.45, 2.75) is 45.4 Å². The summed E-state index contributed by atoms with van der Waals surface area (Å²) in [6.07, 6.45) is 5.99. The molecule has 0 N–H and O–H groups in total. The normalized spacial score (nSPS) is 15.3. The summed E-state index contributed by atoms with van der Waals surface area (Å²) in [7, 11) is 2.09. The van der Waals surface area contributed by atoms with Crippen molar-refractivity contribution < 1.29 is 23.7 Å². The second kappa shape index (κ2) is 18.3. The Balaban J connectivity index is 1.73. The molecule has 1 rings (SSSR count). The lowest BCUT2D eigenvalue weighted by Gasteiger charge is -2.32. The van der Waals surface area contributed by atoms with Crippen molar-refractivity contribution in [3.8, 4) is 0 Å². The molecule has 0 aromatic carbocycles. The van der Waals surface area contributed by atoms with Crippen molar-refractivity contribution in [3.63, 3.8) is 0 Å². The molecule has 7 nitrogen and oxygen atoms in total. The van der Waals surface area contributed by atoms with Crippen LogP contribution in [0.2, 0.25) is 0 Å². The molecule has 0 spiro atoms. The van der Waals surface area contributed by atoms with E-state index in [4.69, 9.17) is 18.9 Å². The summed E-state index contributed by atoms with van der Waals surface area (Å²) >= 11 is 0. The molecule has 0 saturated carbocycles. The lowest BCUT2D eigenvalue weighted by atomic mass is 10.2. The van der Waals surface area contributed by atoms with Crippen LogP contribution in [-0.2, 0) is 23.7 Å². The topological polar surface area (TPSA) is 60.5 Å². The number of hydrogen-bond donors (Lipinski definition) is 0. The molecule has 1 fully saturated rings. The van der Waals surface area contributed by atoms with Crippen LogP contribution in [-0.4, -0.2) is 102 Å². The fourth-order valence-electron chi connectivity index (χ4n) is 2.99. The van der Waals surface area contributed by atoms with Gasteiger partial charge in [0.25, 0.3) is 0 Å². The standard InChI is InChI=1S/C21H42N2O5/c1-3-25-14-6-4-5-7-15-26-17-19-28-20-18-27-16-8-9-21(24)23-12-10-22(2)11-13-23/h3-20H2,1-2H3. The third-order valence-electron chi connectivity index (χ3n) is 4.81. The van der Waals surface area contributed by atoms with Crippen molar-refractivity contribution in [1.29, 1.82) is 0 Å². The first-order valence-corrected chi connectivity index (χ1v) is 11.0. The first-order chi connectivity index (χ1) is 13.7. The van der Waals surface area contributed by atoms with E-state index >= 15 is 0 Å². The van der Waals surface area contributed by atoms with Gasteiger partial charge in [-0.05, 0) is 33.2 Å². The Bertz CT molecular complexity index is 363. The number of nitrogens with zero attached hydrogens (tertiary/aromatic N) is 2. The van der Waals surface area contributed by atoms with Gasteiger partial charge in [-0.25, -0.2) is 0 Å². The average Bonchev–Trinajstić information content (AvgIpc) is 2.70. The Labute approximate surface area is 171 Å². The van der Waals surface area contributed by atoms with E-state index in [0.29, 0.717) is 39.5 Å². The van der Waals surface area contributed by atoms with E-state index < -0.39 is 0 Å². The van der Waals surface area contributed by atoms with E-state index in [-0.39, 0.29) is 5.91 Å². The summed E-state index contributed by atoms with van der Waals surface area (Å²) in [5, 5.41) is 0. The number of carbonyl (C=O) groups is 1. The summed E-state index contributed by atoms with van der Waals surface area (Å²) in [4.78, 5) is 16.3. The van der Waals surface area contributed by atoms with E-state index in [1.165, 1.54) is 12.8 Å². The minimum Gasteiger partial charge on any atom is -0.382 e. The highest BCUT2D eigenvalue weighted by atomic mass is 16.5. The Morgan fingerprint density at radius 1 is 0.679 bits per heavy atom. The highest BCUT2D eigenvalue weighted by Crippen LogP contribution is 2.04. The second-order valence-electron chi connectivity index (χ2n) is 7.24. The number of unbranched alkanes of at least 4 members (excludes halogenated alkanes) is 3. The van der Waals surface area contributed by atoms with Crippen LogP contribution >= 0.6 is 0 Å². The number of amides is 1. The first kappa shape index (κ1) is 25.3. The zero-order chi connectivity index (χ0) is 20.3. The van der Waals surface area contributed by atoms with Crippen molar-refractivity contribution >= 4 is 5.91 Å². The van der Waals surface area contributed by atoms with Crippen LogP contribution in [0, 0.1) is 0 Å². The Morgan fingerprint density at radius 2 is 1.18 bits per heavy atom. The molecule has 1 aliphatic heterocycles. The third kappa shape index (κ3) is 14.3. The monoisotopic (exact) mass is 402 g/mol. The maximum absolute atomic E-state index is 12.1. The number of carbonyl (C=O) groups excluding carboxylic acids is 1. The maximum atomic E-state index is 12.1. The molecule has 0 bridgehead atoms. The van der Waals surface area contributed by atoms with Crippen LogP contribution in [0.3, 0.4) is 0 Å². The number of likely N-dealkylation sites (N-methyl/N-ethyl adjacent to an activating group) is 1. The zero-order valence-electron chi connectivity index (χ0n) is 18.2. The van der Waals surface area contributed by atoms with Gasteiger partial charge in [0, 0.05) is 59.0 Å². The number of ether oxygens (including phenoxy) is 4. The number of hydrogen-bond acceptors (Lipinski definition) is 6. The molecule has 0 aliphatic carbocycles. The minimum absolute atomic E-state index is 0.249. The second-order valence-corrected chi connectivity index (χ2v) is 7.24. The molecule has 1 aliphatic rings. The Morgan fingerprint density at radius 3 is 1.75 bits per heavy atom. The fraction of sp³-hybridized carbons (Fsp3) is 0.952. The van der Waals surface area contributed by atoms with Crippen molar-refractivity contribution in [2.24, 2.45) is 0 Å². The van der Waals surface area contributed by atoms with E-state index in [1.54, 1.807) is 0 Å². The molecule has 166 valence electrons. The van der Waals surface area contributed by atoms with Crippen LogP contribution in [0.25, 0.3) is 0 Å². The average molecular weight is 403 g/mol. The van der Waals surface area contributed by atoms with Gasteiger partial charge in [0.1, 0.15) is 0 Å². The van der Waals surface area contributed by atoms with Crippen LogP contribution in [0.5, 0.6) is 0 Å². The van der Waals surface area contributed by atoms with Gasteiger partial charge in [0.15, 0.2) is 0 Å². The largest absolute Gasteiger partial charge is 0.382 e. The highest BCUT2D eigenvalue weighted by Gasteiger charge is 2.18. The van der Waals surface area contributed by atoms with Crippen LogP contribution < -0.4 is 0 Å². The van der Waals surface area contributed by atoms with Crippen LogP contribution in [0.15, 0.2) is 0 Å². The summed E-state index contributed by atoms with van der Waals surface area (Å²) in [5.41, 5.74) is 0. The van der Waals surface area contributed by atoms with Gasteiger partial charge in [0.2, 0.25) is 5.91 Å². The lowest BCUT2D eigenvalue weighted by molar-refractivity contribution is -0.133. The minimum atomic E-state index is 0.249. The molecule has 0 radical (unpaired) electrons. The summed E-state index contributed by atoms with van der Waals surface area (Å²) < 4.78 is 21.9. The fourth-order valence-corrected chi connectivity index (χ4v) is 2.99. The lowest BCUT2D eigenvalue weighted by Crippen LogP contribution is -2.47. The van der Waals surface area contributed by atoms with Crippen molar-refractivity contribution in [1.82, 2.24) is 9.80 Å². The van der Waals surface area contributed by atoms with E-state index in [0.717, 1.165) is 65.3 Å². The smallest absolute Gasteiger partial charge is 0.222 e. The van der Waals surface area contributed by atoms with E-state index in [9.17, 15) is 4.79 Å². The Hall–Kier alpha value is -0.730. The van der Waals surface area contributed by atoms with Gasteiger partial charge >= 0.3 is 0 Å². The Kier molecular flexibility index (Phi) is 16.5. The molecule has 1 amide bonds. The van der Waals surface area contributed by atoms with E-state index in [2.05, 4.69) is 11.9 Å². The molecule has 0 atom stereocenters. The van der Waals surface area contributed by atoms with Gasteiger partial charge in [-0.2, -0.15) is 0 Å². The molecule has 0 aromatic rings. The number of piperazine rings is 1. The SMILES string of the molecule is CCOCCCCCCOCCOCCOCCCC(=O)N1CCN(C)CC1. The van der Waals surface area contributed by atoms with Crippen molar-refractivity contribution in [3.05, 3.63) is 0 Å². The quantitative estimate of drug-likeness (QED) is 0.328. The predicted molar refractivity (Wildman–Crippen MR) is 111 cm³/mol. The molecule has 0 aromatic heterocycles. The molecular weight excluding hydrogens is 360 g/mol. The zero-order valence-corrected chi connectivity index (χ0v) is 18.2. The van der Waals surface area contributed by atoms with Gasteiger partial charge in [0.05, 0.1) is 26.4 Å². The third-order valence-corrected chi connectivity index (χ3v) is 4.81. The molecule has 1 heterocycles. The summed E-state index contributed by atoms with van der Waals surface area (Å²) in [5.74, 6) is 0.249. The molecule has 0 unspecified atom stereocenters. The van der Waals surface area contributed by atoms with Gasteiger partial charge < -0.3 is 28.7 Å². The predicted octanol–water partition coefficient (Wildman–Crippen LogP) is 2.19. The van der Waals surface area contributed by atoms with Gasteiger partial charge in [-0.3, -0.25) is 4.79 Å². The van der Waals surface area contributed by atoms with E-state index in [1.807, 2.05) is 11.8 Å². The van der Waals surface area contributed by atoms with Crippen LogP contribution in [0.1, 0.15) is 45.4 Å². The number of rotatable bonds is 18. The van der Waals surface area contributed by atoms with Gasteiger partial charge in [-0.15, -0.1) is 0 Å². The van der Waals surface area contributed by atoms with Crippen molar-refractivity contribution in [2.75, 3.05) is 86.1 Å².